The normalized spacial score (nSPS) is 12.5. The summed E-state index contributed by atoms with van der Waals surface area (Å²) in [6, 6.07) is 11.4. The molecule has 4 N–H and O–H groups in total. The van der Waals surface area contributed by atoms with Crippen molar-refractivity contribution in [2.75, 3.05) is 26.3 Å². The summed E-state index contributed by atoms with van der Waals surface area (Å²) in [4.78, 5) is 12.5. The lowest BCUT2D eigenvalue weighted by Gasteiger charge is -2.20. The first kappa shape index (κ1) is 15.5. The Morgan fingerprint density at radius 3 is 2.09 bits per heavy atom. The maximum atomic E-state index is 12.5. The molecule has 0 heterocycles. The zero-order valence-corrected chi connectivity index (χ0v) is 12.9. The number of hydrogen-bond donors (Lipinski definition) is 2. The zero-order valence-electron chi connectivity index (χ0n) is 12.9. The number of nitrogens with two attached hydrogens (primary N) is 2. The molecule has 0 atom stereocenters. The molecule has 1 aliphatic carbocycles. The van der Waals surface area contributed by atoms with Gasteiger partial charge in [0.05, 0.1) is 0 Å². The molecule has 0 aromatic heterocycles. The smallest absolute Gasteiger partial charge is 0.168 e. The summed E-state index contributed by atoms with van der Waals surface area (Å²) >= 11 is 0. The average Bonchev–Trinajstić information content (AvgIpc) is 2.58. The van der Waals surface area contributed by atoms with Crippen LogP contribution in [0.4, 0.5) is 0 Å². The largest absolute Gasteiger partial charge is 0.492 e. The maximum Gasteiger partial charge on any atom is 0.168 e. The van der Waals surface area contributed by atoms with Crippen molar-refractivity contribution in [1.82, 2.24) is 0 Å². The van der Waals surface area contributed by atoms with E-state index in [1.165, 1.54) is 0 Å². The molecule has 5 heteroatoms. The minimum atomic E-state index is 0.0849. The Kier molecular flexibility index (Phi) is 4.60. The molecule has 0 spiro atoms. The Morgan fingerprint density at radius 2 is 1.43 bits per heavy atom. The molecule has 0 unspecified atom stereocenters. The number of benzene rings is 2. The second-order valence-corrected chi connectivity index (χ2v) is 5.40. The van der Waals surface area contributed by atoms with Crippen molar-refractivity contribution in [3.63, 3.8) is 0 Å². The zero-order chi connectivity index (χ0) is 16.2. The van der Waals surface area contributed by atoms with E-state index in [1.807, 2.05) is 30.3 Å². The van der Waals surface area contributed by atoms with Gasteiger partial charge in [0.1, 0.15) is 24.7 Å². The highest BCUT2D eigenvalue weighted by Crippen LogP contribution is 2.37. The lowest BCUT2D eigenvalue weighted by Crippen LogP contribution is -2.15. The summed E-state index contributed by atoms with van der Waals surface area (Å²) in [5.41, 5.74) is 14.6. The number of carbonyl (C=O) groups is 1. The van der Waals surface area contributed by atoms with Crippen molar-refractivity contribution < 1.29 is 14.3 Å². The van der Waals surface area contributed by atoms with Gasteiger partial charge >= 0.3 is 0 Å². The lowest BCUT2D eigenvalue weighted by atomic mass is 9.84. The van der Waals surface area contributed by atoms with Gasteiger partial charge in [-0.2, -0.15) is 0 Å². The van der Waals surface area contributed by atoms with Gasteiger partial charge in [0.25, 0.3) is 0 Å². The standard InChI is InChI=1S/C18H20N2O3/c19-5-7-22-13-1-3-15-12(9-13)10-18(21)17-11-14(23-8-6-20)2-4-16(15)17/h1-4,9,11H,5-8,10,19-20H2. The Morgan fingerprint density at radius 1 is 0.826 bits per heavy atom. The predicted molar refractivity (Wildman–Crippen MR) is 89.0 cm³/mol. The van der Waals surface area contributed by atoms with Crippen molar-refractivity contribution in [3.8, 4) is 22.6 Å². The Bertz CT molecular complexity index is 728. The summed E-state index contributed by atoms with van der Waals surface area (Å²) in [6.45, 7) is 1.81. The SMILES string of the molecule is NCCOc1ccc2c(c1)CC(=O)c1cc(OCCN)ccc1-2. The number of ketones is 1. The van der Waals surface area contributed by atoms with Crippen LogP contribution in [0.25, 0.3) is 11.1 Å². The van der Waals surface area contributed by atoms with Gasteiger partial charge in [-0.05, 0) is 47.0 Å². The van der Waals surface area contributed by atoms with Gasteiger partial charge < -0.3 is 20.9 Å². The molecule has 120 valence electrons. The minimum Gasteiger partial charge on any atom is -0.492 e. The Labute approximate surface area is 135 Å². The van der Waals surface area contributed by atoms with Gasteiger partial charge in [-0.1, -0.05) is 6.07 Å². The van der Waals surface area contributed by atoms with Gasteiger partial charge in [0.2, 0.25) is 0 Å². The van der Waals surface area contributed by atoms with Crippen LogP contribution in [0.3, 0.4) is 0 Å². The number of rotatable bonds is 6. The van der Waals surface area contributed by atoms with Crippen molar-refractivity contribution in [3.05, 3.63) is 47.5 Å². The highest BCUT2D eigenvalue weighted by atomic mass is 16.5. The van der Waals surface area contributed by atoms with Crippen LogP contribution in [-0.4, -0.2) is 32.1 Å². The highest BCUT2D eigenvalue weighted by molar-refractivity contribution is 6.07. The predicted octanol–water partition coefficient (Wildman–Crippen LogP) is 1.77. The third-order valence-electron chi connectivity index (χ3n) is 3.78. The number of fused-ring (bicyclic) bond motifs is 3. The number of ether oxygens (including phenoxy) is 2. The van der Waals surface area contributed by atoms with Crippen molar-refractivity contribution in [1.29, 1.82) is 0 Å². The third-order valence-corrected chi connectivity index (χ3v) is 3.78. The van der Waals surface area contributed by atoms with Crippen LogP contribution < -0.4 is 20.9 Å². The minimum absolute atomic E-state index is 0.0849. The molecule has 0 bridgehead atoms. The lowest BCUT2D eigenvalue weighted by molar-refractivity contribution is 0.0991. The van der Waals surface area contributed by atoms with E-state index in [-0.39, 0.29) is 5.78 Å². The molecule has 0 aliphatic heterocycles. The number of carbonyl (C=O) groups excluding carboxylic acids is 1. The second-order valence-electron chi connectivity index (χ2n) is 5.40. The van der Waals surface area contributed by atoms with Gasteiger partial charge in [0, 0.05) is 25.1 Å². The molecule has 1 aliphatic rings. The fourth-order valence-electron chi connectivity index (χ4n) is 2.77. The van der Waals surface area contributed by atoms with Crippen molar-refractivity contribution >= 4 is 5.78 Å². The average molecular weight is 312 g/mol. The summed E-state index contributed by atoms with van der Waals surface area (Å²) < 4.78 is 11.1. The highest BCUT2D eigenvalue weighted by Gasteiger charge is 2.23. The first-order valence-corrected chi connectivity index (χ1v) is 7.69. The molecule has 3 rings (SSSR count). The summed E-state index contributed by atoms with van der Waals surface area (Å²) in [5.74, 6) is 1.50. The monoisotopic (exact) mass is 312 g/mol. The molecule has 0 saturated carbocycles. The molecule has 2 aromatic carbocycles. The summed E-state index contributed by atoms with van der Waals surface area (Å²) in [6.07, 6.45) is 0.364. The molecule has 23 heavy (non-hydrogen) atoms. The van der Waals surface area contributed by atoms with E-state index in [9.17, 15) is 4.79 Å². The van der Waals surface area contributed by atoms with Crippen LogP contribution in [0.2, 0.25) is 0 Å². The summed E-state index contributed by atoms with van der Waals surface area (Å²) in [7, 11) is 0. The van der Waals surface area contributed by atoms with Crippen molar-refractivity contribution in [2.24, 2.45) is 11.5 Å². The van der Waals surface area contributed by atoms with Gasteiger partial charge in [-0.15, -0.1) is 0 Å². The van der Waals surface area contributed by atoms with E-state index in [2.05, 4.69) is 0 Å². The molecule has 5 nitrogen and oxygen atoms in total. The fraction of sp³-hybridized carbons (Fsp3) is 0.278. The van der Waals surface area contributed by atoms with Crippen LogP contribution in [0, 0.1) is 0 Å². The van der Waals surface area contributed by atoms with Gasteiger partial charge in [0.15, 0.2) is 5.78 Å². The van der Waals surface area contributed by atoms with Crippen LogP contribution in [0.1, 0.15) is 15.9 Å². The molecule has 0 fully saturated rings. The van der Waals surface area contributed by atoms with Crippen LogP contribution in [0.5, 0.6) is 11.5 Å². The quantitative estimate of drug-likeness (QED) is 0.849. The molecule has 0 saturated heterocycles. The van der Waals surface area contributed by atoms with E-state index in [4.69, 9.17) is 20.9 Å². The van der Waals surface area contributed by atoms with E-state index < -0.39 is 0 Å². The molecular formula is C18H20N2O3. The van der Waals surface area contributed by atoms with Gasteiger partial charge in [-0.3, -0.25) is 4.79 Å². The second kappa shape index (κ2) is 6.81. The number of hydrogen-bond acceptors (Lipinski definition) is 5. The first-order chi connectivity index (χ1) is 11.2. The summed E-state index contributed by atoms with van der Waals surface area (Å²) in [5, 5.41) is 0. The Balaban J connectivity index is 1.94. The van der Waals surface area contributed by atoms with Crippen LogP contribution in [0.15, 0.2) is 36.4 Å². The number of Topliss-reactive ketones (excluding diaryl/α,β-unsaturated/α-hetero) is 1. The van der Waals surface area contributed by atoms with E-state index >= 15 is 0 Å². The molecular weight excluding hydrogens is 292 g/mol. The molecule has 2 aromatic rings. The maximum absolute atomic E-state index is 12.5. The molecule has 0 radical (unpaired) electrons. The topological polar surface area (TPSA) is 87.6 Å². The third kappa shape index (κ3) is 3.21. The van der Waals surface area contributed by atoms with Crippen LogP contribution in [-0.2, 0) is 6.42 Å². The van der Waals surface area contributed by atoms with Crippen molar-refractivity contribution in [2.45, 2.75) is 6.42 Å². The van der Waals surface area contributed by atoms with E-state index in [1.54, 1.807) is 6.07 Å². The molecule has 0 amide bonds. The van der Waals surface area contributed by atoms with E-state index in [0.717, 1.165) is 22.4 Å². The fourth-order valence-corrected chi connectivity index (χ4v) is 2.77. The van der Waals surface area contributed by atoms with E-state index in [0.29, 0.717) is 44.0 Å². The van der Waals surface area contributed by atoms with Gasteiger partial charge in [-0.25, -0.2) is 0 Å². The first-order valence-electron chi connectivity index (χ1n) is 7.69. The Hall–Kier alpha value is -2.37. The van der Waals surface area contributed by atoms with Crippen LogP contribution >= 0.6 is 0 Å².